The topological polar surface area (TPSA) is 42.1 Å². The molecule has 4 aromatic rings. The second kappa shape index (κ2) is 7.56. The number of hydrogen-bond donors (Lipinski definition) is 1. The molecule has 0 saturated carbocycles. The van der Waals surface area contributed by atoms with E-state index in [4.69, 9.17) is 5.73 Å². The Labute approximate surface area is 157 Å². The second-order valence-corrected chi connectivity index (χ2v) is 6.46. The molecule has 0 radical (unpaired) electrons. The lowest BCUT2D eigenvalue weighted by Gasteiger charge is -2.31. The van der Waals surface area contributed by atoms with Crippen molar-refractivity contribution in [3.8, 4) is 0 Å². The summed E-state index contributed by atoms with van der Waals surface area (Å²) in [6, 6.07) is 26.6. The maximum absolute atomic E-state index is 13.3. The van der Waals surface area contributed by atoms with Gasteiger partial charge in [-0.3, -0.25) is 0 Å². The Balaban J connectivity index is 1.76. The van der Waals surface area contributed by atoms with Crippen molar-refractivity contribution in [2.45, 2.75) is 12.7 Å². The zero-order valence-corrected chi connectivity index (χ0v) is 14.8. The highest BCUT2D eigenvalue weighted by atomic mass is 19.1. The predicted molar refractivity (Wildman–Crippen MR) is 108 cm³/mol. The highest BCUT2D eigenvalue weighted by Crippen LogP contribution is 2.29. The molecule has 1 aromatic heterocycles. The van der Waals surface area contributed by atoms with Gasteiger partial charge in [0.15, 0.2) is 0 Å². The molecule has 4 heteroatoms. The number of aromatic nitrogens is 1. The first-order valence-electron chi connectivity index (χ1n) is 8.88. The molecular weight excluding hydrogens is 337 g/mol. The lowest BCUT2D eigenvalue weighted by Crippen LogP contribution is -2.35. The molecule has 4 rings (SSSR count). The van der Waals surface area contributed by atoms with Gasteiger partial charge in [-0.05, 0) is 46.2 Å². The highest BCUT2D eigenvalue weighted by Gasteiger charge is 2.20. The van der Waals surface area contributed by atoms with Crippen molar-refractivity contribution in [3.63, 3.8) is 0 Å². The molecule has 3 nitrogen and oxygen atoms in total. The van der Waals surface area contributed by atoms with Crippen molar-refractivity contribution in [2.75, 3.05) is 4.90 Å². The second-order valence-electron chi connectivity index (χ2n) is 6.46. The van der Waals surface area contributed by atoms with Gasteiger partial charge in [-0.15, -0.1) is 0 Å². The third-order valence-electron chi connectivity index (χ3n) is 4.69. The number of rotatable bonds is 5. The van der Waals surface area contributed by atoms with Crippen LogP contribution >= 0.6 is 0 Å². The van der Waals surface area contributed by atoms with Crippen LogP contribution in [0.2, 0.25) is 0 Å². The molecular formula is C23H20FN3. The van der Waals surface area contributed by atoms with E-state index in [-0.39, 0.29) is 5.82 Å². The maximum Gasteiger partial charge on any atom is 0.130 e. The Kier molecular flexibility index (Phi) is 4.81. The van der Waals surface area contributed by atoms with Crippen molar-refractivity contribution >= 4 is 16.6 Å². The Morgan fingerprint density at radius 2 is 1.59 bits per heavy atom. The molecule has 27 heavy (non-hydrogen) atoms. The Bertz CT molecular complexity index is 1030. The number of hydrogen-bond acceptors (Lipinski definition) is 3. The van der Waals surface area contributed by atoms with E-state index >= 15 is 0 Å². The van der Waals surface area contributed by atoms with Gasteiger partial charge in [0.2, 0.25) is 0 Å². The summed E-state index contributed by atoms with van der Waals surface area (Å²) in [6.45, 7) is 0.529. The molecule has 1 unspecified atom stereocenters. The minimum absolute atomic E-state index is 0.249. The Morgan fingerprint density at radius 1 is 0.852 bits per heavy atom. The van der Waals surface area contributed by atoms with Gasteiger partial charge in [-0.1, -0.05) is 60.7 Å². The largest absolute Gasteiger partial charge is 0.333 e. The monoisotopic (exact) mass is 357 g/mol. The molecule has 0 spiro atoms. The van der Waals surface area contributed by atoms with Crippen LogP contribution in [0.4, 0.5) is 10.2 Å². The van der Waals surface area contributed by atoms with Crippen LogP contribution < -0.4 is 10.6 Å². The van der Waals surface area contributed by atoms with Crippen LogP contribution in [0.15, 0.2) is 91.1 Å². The number of nitrogens with zero attached hydrogens (tertiary/aromatic N) is 2. The first-order valence-corrected chi connectivity index (χ1v) is 8.88. The summed E-state index contributed by atoms with van der Waals surface area (Å²) in [7, 11) is 0. The third-order valence-corrected chi connectivity index (χ3v) is 4.69. The van der Waals surface area contributed by atoms with Crippen LogP contribution in [0, 0.1) is 5.82 Å². The minimum Gasteiger partial charge on any atom is -0.333 e. The Hall–Kier alpha value is -3.24. The standard InChI is InChI=1S/C23H20FN3/c24-19-13-11-17(12-14-19)16-27(22-10-3-4-15-26-22)23(25)21-9-5-7-18-6-1-2-8-20(18)21/h1-15,23H,16,25H2. The van der Waals surface area contributed by atoms with Gasteiger partial charge in [0.05, 0.1) is 0 Å². The van der Waals surface area contributed by atoms with Crippen molar-refractivity contribution in [3.05, 3.63) is 108 Å². The van der Waals surface area contributed by atoms with E-state index in [0.29, 0.717) is 6.54 Å². The van der Waals surface area contributed by atoms with E-state index in [0.717, 1.165) is 27.7 Å². The summed E-state index contributed by atoms with van der Waals surface area (Å²) in [5, 5.41) is 2.26. The van der Waals surface area contributed by atoms with Crippen LogP contribution in [0.25, 0.3) is 10.8 Å². The molecule has 0 bridgehead atoms. The number of pyridine rings is 1. The molecule has 0 amide bonds. The summed E-state index contributed by atoms with van der Waals surface area (Å²) in [5.41, 5.74) is 8.73. The normalized spacial score (nSPS) is 12.1. The van der Waals surface area contributed by atoms with Gasteiger partial charge in [0, 0.05) is 12.7 Å². The third kappa shape index (κ3) is 3.66. The van der Waals surface area contributed by atoms with Gasteiger partial charge in [0.1, 0.15) is 17.8 Å². The molecule has 1 heterocycles. The fourth-order valence-corrected chi connectivity index (χ4v) is 3.31. The molecule has 0 aliphatic rings. The molecule has 0 aliphatic carbocycles. The molecule has 3 aromatic carbocycles. The summed E-state index contributed by atoms with van der Waals surface area (Å²) >= 11 is 0. The van der Waals surface area contributed by atoms with E-state index in [2.05, 4.69) is 23.2 Å². The number of anilines is 1. The van der Waals surface area contributed by atoms with Crippen LogP contribution in [0.3, 0.4) is 0 Å². The predicted octanol–water partition coefficient (Wildman–Crippen LogP) is 5.04. The van der Waals surface area contributed by atoms with E-state index < -0.39 is 6.17 Å². The first kappa shape index (κ1) is 17.2. The van der Waals surface area contributed by atoms with E-state index in [1.54, 1.807) is 18.3 Å². The number of halogens is 1. The van der Waals surface area contributed by atoms with Crippen LogP contribution in [0.5, 0.6) is 0 Å². The average Bonchev–Trinajstić information content (AvgIpc) is 2.73. The molecule has 2 N–H and O–H groups in total. The fourth-order valence-electron chi connectivity index (χ4n) is 3.31. The molecule has 0 fully saturated rings. The smallest absolute Gasteiger partial charge is 0.130 e. The van der Waals surface area contributed by atoms with Crippen molar-refractivity contribution in [1.82, 2.24) is 4.98 Å². The Morgan fingerprint density at radius 3 is 2.37 bits per heavy atom. The van der Waals surface area contributed by atoms with Gasteiger partial charge >= 0.3 is 0 Å². The number of benzene rings is 3. The van der Waals surface area contributed by atoms with Gasteiger partial charge in [-0.25, -0.2) is 9.37 Å². The molecule has 1 atom stereocenters. The molecule has 134 valence electrons. The first-order chi connectivity index (χ1) is 13.2. The molecule has 0 aliphatic heterocycles. The number of nitrogens with two attached hydrogens (primary N) is 1. The summed E-state index contributed by atoms with van der Waals surface area (Å²) in [4.78, 5) is 6.53. The summed E-state index contributed by atoms with van der Waals surface area (Å²) in [5.74, 6) is 0.531. The van der Waals surface area contributed by atoms with Crippen LogP contribution in [0.1, 0.15) is 17.3 Å². The highest BCUT2D eigenvalue weighted by molar-refractivity contribution is 5.86. The average molecular weight is 357 g/mol. The van der Waals surface area contributed by atoms with E-state index in [1.165, 1.54) is 12.1 Å². The van der Waals surface area contributed by atoms with Crippen molar-refractivity contribution in [1.29, 1.82) is 0 Å². The van der Waals surface area contributed by atoms with E-state index in [9.17, 15) is 4.39 Å². The zero-order chi connectivity index (χ0) is 18.6. The maximum atomic E-state index is 13.3. The van der Waals surface area contributed by atoms with E-state index in [1.807, 2.05) is 47.4 Å². The lowest BCUT2D eigenvalue weighted by atomic mass is 10.0. The minimum atomic E-state index is -0.393. The summed E-state index contributed by atoms with van der Waals surface area (Å²) < 4.78 is 13.3. The van der Waals surface area contributed by atoms with Gasteiger partial charge < -0.3 is 10.6 Å². The van der Waals surface area contributed by atoms with Crippen molar-refractivity contribution in [2.24, 2.45) is 5.73 Å². The SMILES string of the molecule is NC(c1cccc2ccccc12)N(Cc1ccc(F)cc1)c1ccccn1. The van der Waals surface area contributed by atoms with Crippen molar-refractivity contribution < 1.29 is 4.39 Å². The quantitative estimate of drug-likeness (QED) is 0.509. The van der Waals surface area contributed by atoms with Crippen LogP contribution in [-0.4, -0.2) is 4.98 Å². The van der Waals surface area contributed by atoms with Gasteiger partial charge in [0.25, 0.3) is 0 Å². The fraction of sp³-hybridized carbons (Fsp3) is 0.0870. The lowest BCUT2D eigenvalue weighted by molar-refractivity contribution is 0.621. The van der Waals surface area contributed by atoms with Crippen LogP contribution in [-0.2, 0) is 6.54 Å². The molecule has 0 saturated heterocycles. The zero-order valence-electron chi connectivity index (χ0n) is 14.8. The van der Waals surface area contributed by atoms with Gasteiger partial charge in [-0.2, -0.15) is 0 Å². The summed E-state index contributed by atoms with van der Waals surface area (Å²) in [6.07, 6.45) is 1.36. The number of fused-ring (bicyclic) bond motifs is 1.